The third-order valence-electron chi connectivity index (χ3n) is 6.28. The van der Waals surface area contributed by atoms with E-state index in [1.54, 1.807) is 19.2 Å². The Hall–Kier alpha value is -2.99. The summed E-state index contributed by atoms with van der Waals surface area (Å²) in [6, 6.07) is 8.93. The van der Waals surface area contributed by atoms with Gasteiger partial charge in [0.2, 0.25) is 0 Å². The van der Waals surface area contributed by atoms with Crippen LogP contribution in [0.25, 0.3) is 22.3 Å². The van der Waals surface area contributed by atoms with Crippen LogP contribution in [-0.4, -0.2) is 45.4 Å². The highest BCUT2D eigenvalue weighted by molar-refractivity contribution is 5.86. The quantitative estimate of drug-likeness (QED) is 0.430. The van der Waals surface area contributed by atoms with Crippen molar-refractivity contribution in [3.63, 3.8) is 0 Å². The lowest BCUT2D eigenvalue weighted by molar-refractivity contribution is 0.204. The fourth-order valence-corrected chi connectivity index (χ4v) is 4.62. The molecule has 0 radical (unpaired) electrons. The van der Waals surface area contributed by atoms with Crippen LogP contribution in [0.5, 0.6) is 17.2 Å². The summed E-state index contributed by atoms with van der Waals surface area (Å²) < 4.78 is 23.0. The Bertz CT molecular complexity index is 1150. The van der Waals surface area contributed by atoms with Gasteiger partial charge in [-0.2, -0.15) is 0 Å². The van der Waals surface area contributed by atoms with Crippen LogP contribution >= 0.6 is 0 Å². The van der Waals surface area contributed by atoms with Crippen molar-refractivity contribution in [2.45, 2.75) is 39.5 Å². The molecule has 2 aromatic carbocycles. The van der Waals surface area contributed by atoms with Gasteiger partial charge in [0.15, 0.2) is 5.43 Å². The molecule has 2 heterocycles. The number of piperidine rings is 1. The van der Waals surface area contributed by atoms with Crippen LogP contribution < -0.4 is 19.6 Å². The summed E-state index contributed by atoms with van der Waals surface area (Å²) in [6.45, 7) is 8.26. The number of benzene rings is 2. The van der Waals surface area contributed by atoms with E-state index >= 15 is 0 Å². The maximum Gasteiger partial charge on any atom is 0.197 e. The summed E-state index contributed by atoms with van der Waals surface area (Å²) in [6.07, 6.45) is 5.00. The first-order valence-corrected chi connectivity index (χ1v) is 11.7. The standard InChI is InChI=1S/C27H33NO5/c1-18-13-20(14-19(2)27(18)32-12-8-11-28-9-6-5-7-10-28)23-17-22(29)26-24(31-4)15-21(30-3)16-25(26)33-23/h13-17H,5-12H2,1-4H3. The van der Waals surface area contributed by atoms with E-state index in [-0.39, 0.29) is 5.43 Å². The molecule has 33 heavy (non-hydrogen) atoms. The van der Waals surface area contributed by atoms with E-state index in [2.05, 4.69) is 4.90 Å². The molecule has 1 saturated heterocycles. The zero-order chi connectivity index (χ0) is 23.4. The molecule has 0 bridgehead atoms. The molecule has 1 aliphatic heterocycles. The summed E-state index contributed by atoms with van der Waals surface area (Å²) in [5.41, 5.74) is 3.16. The number of hydrogen-bond acceptors (Lipinski definition) is 6. The smallest absolute Gasteiger partial charge is 0.197 e. The molecule has 1 aromatic heterocycles. The van der Waals surface area contributed by atoms with Gasteiger partial charge in [0.1, 0.15) is 34.0 Å². The average Bonchev–Trinajstić information content (AvgIpc) is 2.82. The highest BCUT2D eigenvalue weighted by Gasteiger charge is 2.16. The van der Waals surface area contributed by atoms with Crippen molar-refractivity contribution >= 4 is 11.0 Å². The van der Waals surface area contributed by atoms with E-state index in [0.717, 1.165) is 35.4 Å². The molecule has 0 saturated carbocycles. The molecule has 0 amide bonds. The number of rotatable bonds is 8. The minimum atomic E-state index is -0.154. The highest BCUT2D eigenvalue weighted by Crippen LogP contribution is 2.34. The predicted molar refractivity (Wildman–Crippen MR) is 131 cm³/mol. The summed E-state index contributed by atoms with van der Waals surface area (Å²) in [5.74, 6) is 2.42. The van der Waals surface area contributed by atoms with Gasteiger partial charge in [-0.05, 0) is 69.5 Å². The molecule has 0 atom stereocenters. The van der Waals surface area contributed by atoms with Crippen LogP contribution in [0.4, 0.5) is 0 Å². The van der Waals surface area contributed by atoms with Crippen LogP contribution in [0, 0.1) is 13.8 Å². The van der Waals surface area contributed by atoms with Gasteiger partial charge in [0.05, 0.1) is 20.8 Å². The number of methoxy groups -OCH3 is 2. The zero-order valence-corrected chi connectivity index (χ0v) is 20.0. The average molecular weight is 452 g/mol. The molecule has 0 spiro atoms. The van der Waals surface area contributed by atoms with Gasteiger partial charge in [0.25, 0.3) is 0 Å². The minimum Gasteiger partial charge on any atom is -0.496 e. The van der Waals surface area contributed by atoms with Crippen molar-refractivity contribution in [1.82, 2.24) is 4.90 Å². The normalized spacial score (nSPS) is 14.4. The second kappa shape index (κ2) is 10.3. The largest absolute Gasteiger partial charge is 0.496 e. The van der Waals surface area contributed by atoms with Gasteiger partial charge in [-0.1, -0.05) is 6.42 Å². The number of aryl methyl sites for hydroxylation is 2. The molecular formula is C27H33NO5. The first-order valence-electron chi connectivity index (χ1n) is 11.7. The lowest BCUT2D eigenvalue weighted by Crippen LogP contribution is -2.31. The number of nitrogens with zero attached hydrogens (tertiary/aromatic N) is 1. The topological polar surface area (TPSA) is 61.1 Å². The van der Waals surface area contributed by atoms with Crippen molar-refractivity contribution in [1.29, 1.82) is 0 Å². The molecule has 4 rings (SSSR count). The highest BCUT2D eigenvalue weighted by atomic mass is 16.5. The maximum absolute atomic E-state index is 12.9. The Balaban J connectivity index is 1.55. The van der Waals surface area contributed by atoms with Crippen LogP contribution in [0.1, 0.15) is 36.8 Å². The Morgan fingerprint density at radius 2 is 1.67 bits per heavy atom. The summed E-state index contributed by atoms with van der Waals surface area (Å²) in [5, 5.41) is 0.407. The molecule has 6 heteroatoms. The van der Waals surface area contributed by atoms with Gasteiger partial charge >= 0.3 is 0 Å². The predicted octanol–water partition coefficient (Wildman–Crippen LogP) is 5.35. The maximum atomic E-state index is 12.9. The molecule has 176 valence electrons. The molecular weight excluding hydrogens is 418 g/mol. The van der Waals surface area contributed by atoms with Crippen molar-refractivity contribution in [3.8, 4) is 28.6 Å². The number of fused-ring (bicyclic) bond motifs is 1. The molecule has 0 aliphatic carbocycles. The second-order valence-electron chi connectivity index (χ2n) is 8.72. The van der Waals surface area contributed by atoms with Crippen LogP contribution in [-0.2, 0) is 0 Å². The summed E-state index contributed by atoms with van der Waals surface area (Å²) in [4.78, 5) is 15.4. The lowest BCUT2D eigenvalue weighted by atomic mass is 10.0. The molecule has 6 nitrogen and oxygen atoms in total. The zero-order valence-electron chi connectivity index (χ0n) is 20.0. The van der Waals surface area contributed by atoms with Crippen molar-refractivity contribution in [2.75, 3.05) is 40.5 Å². The number of hydrogen-bond donors (Lipinski definition) is 0. The van der Waals surface area contributed by atoms with Gasteiger partial charge in [-0.15, -0.1) is 0 Å². The van der Waals surface area contributed by atoms with E-state index in [0.29, 0.717) is 34.8 Å². The third kappa shape index (κ3) is 5.17. The minimum absolute atomic E-state index is 0.154. The second-order valence-corrected chi connectivity index (χ2v) is 8.72. The Kier molecular flexibility index (Phi) is 7.23. The van der Waals surface area contributed by atoms with Gasteiger partial charge in [-0.3, -0.25) is 4.79 Å². The molecule has 3 aromatic rings. The van der Waals surface area contributed by atoms with E-state index in [1.807, 2.05) is 26.0 Å². The van der Waals surface area contributed by atoms with Crippen LogP contribution in [0.15, 0.2) is 39.5 Å². The van der Waals surface area contributed by atoms with Gasteiger partial charge in [0, 0.05) is 30.3 Å². The fourth-order valence-electron chi connectivity index (χ4n) is 4.62. The molecule has 0 N–H and O–H groups in total. The summed E-state index contributed by atoms with van der Waals surface area (Å²) in [7, 11) is 3.10. The van der Waals surface area contributed by atoms with E-state index in [1.165, 1.54) is 45.5 Å². The van der Waals surface area contributed by atoms with Crippen molar-refractivity contribution < 1.29 is 18.6 Å². The molecule has 0 unspecified atom stereocenters. The molecule has 1 aliphatic rings. The Labute approximate surface area is 195 Å². The van der Waals surface area contributed by atoms with Crippen LogP contribution in [0.2, 0.25) is 0 Å². The van der Waals surface area contributed by atoms with E-state index in [4.69, 9.17) is 18.6 Å². The Morgan fingerprint density at radius 1 is 0.939 bits per heavy atom. The monoisotopic (exact) mass is 451 g/mol. The van der Waals surface area contributed by atoms with Crippen molar-refractivity contribution in [2.24, 2.45) is 0 Å². The fraction of sp³-hybridized carbons (Fsp3) is 0.444. The first kappa shape index (κ1) is 23.2. The van der Waals surface area contributed by atoms with Gasteiger partial charge in [-0.25, -0.2) is 0 Å². The SMILES string of the molecule is COc1cc(OC)c2c(=O)cc(-c3cc(C)c(OCCCN4CCCCC4)c(C)c3)oc2c1. The number of ether oxygens (including phenoxy) is 3. The van der Waals surface area contributed by atoms with E-state index in [9.17, 15) is 4.79 Å². The molecule has 1 fully saturated rings. The third-order valence-corrected chi connectivity index (χ3v) is 6.28. The first-order chi connectivity index (χ1) is 16.0. The van der Waals surface area contributed by atoms with Gasteiger partial charge < -0.3 is 23.5 Å². The Morgan fingerprint density at radius 3 is 2.33 bits per heavy atom. The van der Waals surface area contributed by atoms with E-state index < -0.39 is 0 Å². The van der Waals surface area contributed by atoms with Crippen LogP contribution in [0.3, 0.4) is 0 Å². The number of likely N-dealkylation sites (tertiary alicyclic amines) is 1. The van der Waals surface area contributed by atoms with Crippen molar-refractivity contribution in [3.05, 3.63) is 51.7 Å². The summed E-state index contributed by atoms with van der Waals surface area (Å²) >= 11 is 0. The lowest BCUT2D eigenvalue weighted by Gasteiger charge is -2.26.